The molecule has 0 aliphatic carbocycles. The van der Waals surface area contributed by atoms with Crippen LogP contribution in [0, 0.1) is 13.8 Å². The standard InChI is InChI=1S/C9H11FO/c1-7-3-8(2)5-9(4-7)11-6-10/h3-5H,6H2,1-2H3. The maximum absolute atomic E-state index is 11.7. The number of alkyl halides is 1. The van der Waals surface area contributed by atoms with Crippen molar-refractivity contribution in [3.63, 3.8) is 0 Å². The monoisotopic (exact) mass is 154 g/mol. The van der Waals surface area contributed by atoms with Crippen molar-refractivity contribution in [2.75, 3.05) is 6.86 Å². The molecule has 0 bridgehead atoms. The van der Waals surface area contributed by atoms with Crippen LogP contribution in [0.25, 0.3) is 0 Å². The summed E-state index contributed by atoms with van der Waals surface area (Å²) < 4.78 is 16.4. The fraction of sp³-hybridized carbons (Fsp3) is 0.333. The molecule has 0 heterocycles. The number of halogens is 1. The molecule has 0 fully saturated rings. The molecule has 1 aromatic carbocycles. The Morgan fingerprint density at radius 3 is 2.18 bits per heavy atom. The van der Waals surface area contributed by atoms with Crippen LogP contribution in [0.2, 0.25) is 0 Å². The molecule has 0 unspecified atom stereocenters. The van der Waals surface area contributed by atoms with Crippen molar-refractivity contribution in [1.82, 2.24) is 0 Å². The average molecular weight is 154 g/mol. The molecule has 0 atom stereocenters. The number of ether oxygens (including phenoxy) is 1. The molecular weight excluding hydrogens is 143 g/mol. The van der Waals surface area contributed by atoms with Gasteiger partial charge in [-0.1, -0.05) is 6.07 Å². The second-order valence-corrected chi connectivity index (χ2v) is 2.58. The summed E-state index contributed by atoms with van der Waals surface area (Å²) in [7, 11) is 0. The quantitative estimate of drug-likeness (QED) is 0.636. The van der Waals surface area contributed by atoms with E-state index in [9.17, 15) is 4.39 Å². The van der Waals surface area contributed by atoms with Crippen LogP contribution in [-0.2, 0) is 0 Å². The van der Waals surface area contributed by atoms with E-state index >= 15 is 0 Å². The normalized spacial score (nSPS) is 9.73. The van der Waals surface area contributed by atoms with Crippen LogP contribution in [0.3, 0.4) is 0 Å². The smallest absolute Gasteiger partial charge is 0.228 e. The molecule has 0 N–H and O–H groups in total. The Labute approximate surface area is 65.8 Å². The highest BCUT2D eigenvalue weighted by atomic mass is 19.1. The molecule has 0 amide bonds. The molecule has 0 aliphatic rings. The fourth-order valence-corrected chi connectivity index (χ4v) is 1.08. The summed E-state index contributed by atoms with van der Waals surface area (Å²) in [5.41, 5.74) is 2.18. The minimum Gasteiger partial charge on any atom is -0.463 e. The van der Waals surface area contributed by atoms with Gasteiger partial charge in [-0.2, -0.15) is 0 Å². The minimum atomic E-state index is -0.761. The number of hydrogen-bond acceptors (Lipinski definition) is 1. The van der Waals surface area contributed by atoms with E-state index in [-0.39, 0.29) is 0 Å². The van der Waals surface area contributed by atoms with Gasteiger partial charge in [-0.3, -0.25) is 0 Å². The van der Waals surface area contributed by atoms with Crippen LogP contribution in [-0.4, -0.2) is 6.86 Å². The van der Waals surface area contributed by atoms with E-state index in [1.807, 2.05) is 32.0 Å². The third-order valence-corrected chi connectivity index (χ3v) is 1.42. The van der Waals surface area contributed by atoms with Crippen molar-refractivity contribution in [3.8, 4) is 5.75 Å². The molecule has 0 aliphatic heterocycles. The lowest BCUT2D eigenvalue weighted by Crippen LogP contribution is -1.90. The van der Waals surface area contributed by atoms with Gasteiger partial charge in [0.25, 0.3) is 0 Å². The van der Waals surface area contributed by atoms with Crippen LogP contribution in [0.5, 0.6) is 5.75 Å². The molecule has 0 radical (unpaired) electrons. The molecule has 0 aromatic heterocycles. The molecule has 0 spiro atoms. The molecule has 1 aromatic rings. The van der Waals surface area contributed by atoms with Crippen molar-refractivity contribution < 1.29 is 9.13 Å². The number of benzene rings is 1. The van der Waals surface area contributed by atoms with Gasteiger partial charge >= 0.3 is 0 Å². The SMILES string of the molecule is Cc1cc(C)cc(OCF)c1. The first-order valence-electron chi connectivity index (χ1n) is 3.49. The number of hydrogen-bond donors (Lipinski definition) is 0. The van der Waals surface area contributed by atoms with Gasteiger partial charge in [0.1, 0.15) is 5.75 Å². The van der Waals surface area contributed by atoms with Crippen molar-refractivity contribution in [2.24, 2.45) is 0 Å². The molecule has 1 rings (SSSR count). The Hall–Kier alpha value is -1.05. The van der Waals surface area contributed by atoms with Crippen molar-refractivity contribution in [2.45, 2.75) is 13.8 Å². The van der Waals surface area contributed by atoms with E-state index in [0.717, 1.165) is 11.1 Å². The van der Waals surface area contributed by atoms with Gasteiger partial charge in [-0.15, -0.1) is 0 Å². The lowest BCUT2D eigenvalue weighted by Gasteiger charge is -2.03. The van der Waals surface area contributed by atoms with Crippen molar-refractivity contribution >= 4 is 0 Å². The highest BCUT2D eigenvalue weighted by Gasteiger charge is 1.94. The van der Waals surface area contributed by atoms with E-state index in [2.05, 4.69) is 0 Å². The summed E-state index contributed by atoms with van der Waals surface area (Å²) in [6.45, 7) is 3.15. The van der Waals surface area contributed by atoms with E-state index in [4.69, 9.17) is 4.74 Å². The lowest BCUT2D eigenvalue weighted by molar-refractivity contribution is 0.191. The lowest BCUT2D eigenvalue weighted by atomic mass is 10.1. The molecule has 2 heteroatoms. The van der Waals surface area contributed by atoms with Gasteiger partial charge in [0.05, 0.1) is 0 Å². The van der Waals surface area contributed by atoms with Gasteiger partial charge in [0.15, 0.2) is 0 Å². The minimum absolute atomic E-state index is 0.602. The summed E-state index contributed by atoms with van der Waals surface area (Å²) in [6, 6.07) is 5.64. The van der Waals surface area contributed by atoms with E-state index < -0.39 is 6.86 Å². The highest BCUT2D eigenvalue weighted by Crippen LogP contribution is 2.15. The zero-order valence-corrected chi connectivity index (χ0v) is 6.73. The summed E-state index contributed by atoms with van der Waals surface area (Å²) >= 11 is 0. The van der Waals surface area contributed by atoms with Crippen LogP contribution < -0.4 is 4.74 Å². The topological polar surface area (TPSA) is 9.23 Å². The predicted molar refractivity (Wildman–Crippen MR) is 42.5 cm³/mol. The molecule has 60 valence electrons. The highest BCUT2D eigenvalue weighted by molar-refractivity contribution is 5.32. The van der Waals surface area contributed by atoms with E-state index in [0.29, 0.717) is 5.75 Å². The number of aryl methyl sites for hydroxylation is 2. The third-order valence-electron chi connectivity index (χ3n) is 1.42. The van der Waals surface area contributed by atoms with E-state index in [1.54, 1.807) is 0 Å². The average Bonchev–Trinajstić information content (AvgIpc) is 1.85. The van der Waals surface area contributed by atoms with Gasteiger partial charge in [0, 0.05) is 0 Å². The van der Waals surface area contributed by atoms with Gasteiger partial charge < -0.3 is 4.74 Å². The maximum Gasteiger partial charge on any atom is 0.228 e. The molecular formula is C9H11FO. The van der Waals surface area contributed by atoms with Crippen molar-refractivity contribution in [3.05, 3.63) is 29.3 Å². The Bertz CT molecular complexity index is 225. The fourth-order valence-electron chi connectivity index (χ4n) is 1.08. The summed E-state index contributed by atoms with van der Waals surface area (Å²) in [6.07, 6.45) is 0. The molecule has 11 heavy (non-hydrogen) atoms. The van der Waals surface area contributed by atoms with Gasteiger partial charge in [-0.05, 0) is 37.1 Å². The maximum atomic E-state index is 11.7. The second-order valence-electron chi connectivity index (χ2n) is 2.58. The zero-order chi connectivity index (χ0) is 8.27. The van der Waals surface area contributed by atoms with Crippen LogP contribution in [0.1, 0.15) is 11.1 Å². The first kappa shape index (κ1) is 8.05. The molecule has 1 nitrogen and oxygen atoms in total. The third kappa shape index (κ3) is 2.22. The zero-order valence-electron chi connectivity index (χ0n) is 6.73. The van der Waals surface area contributed by atoms with E-state index in [1.165, 1.54) is 0 Å². The van der Waals surface area contributed by atoms with Gasteiger partial charge in [0.2, 0.25) is 6.86 Å². The summed E-state index contributed by atoms with van der Waals surface area (Å²) in [4.78, 5) is 0. The number of rotatable bonds is 2. The Balaban J connectivity index is 2.89. The van der Waals surface area contributed by atoms with Gasteiger partial charge in [-0.25, -0.2) is 4.39 Å². The Morgan fingerprint density at radius 2 is 1.73 bits per heavy atom. The first-order chi connectivity index (χ1) is 5.22. The first-order valence-corrected chi connectivity index (χ1v) is 3.49. The Morgan fingerprint density at radius 1 is 1.18 bits per heavy atom. The van der Waals surface area contributed by atoms with Crippen LogP contribution in [0.4, 0.5) is 4.39 Å². The predicted octanol–water partition coefficient (Wildman–Crippen LogP) is 2.61. The second kappa shape index (κ2) is 3.37. The molecule has 0 saturated heterocycles. The van der Waals surface area contributed by atoms with Crippen LogP contribution in [0.15, 0.2) is 18.2 Å². The largest absolute Gasteiger partial charge is 0.463 e. The molecule has 0 saturated carbocycles. The summed E-state index contributed by atoms with van der Waals surface area (Å²) in [5, 5.41) is 0. The Kier molecular flexibility index (Phi) is 2.47. The van der Waals surface area contributed by atoms with Crippen molar-refractivity contribution in [1.29, 1.82) is 0 Å². The van der Waals surface area contributed by atoms with Crippen LogP contribution >= 0.6 is 0 Å². The summed E-state index contributed by atoms with van der Waals surface area (Å²) in [5.74, 6) is 0.602.